The van der Waals surface area contributed by atoms with Gasteiger partial charge in [-0.25, -0.2) is 4.98 Å². The number of carbonyl (C=O) groups is 2. The lowest BCUT2D eigenvalue weighted by Gasteiger charge is -2.14. The second kappa shape index (κ2) is 8.30. The smallest absolute Gasteiger partial charge is 0.236 e. The fourth-order valence-electron chi connectivity index (χ4n) is 2.52. The lowest BCUT2D eigenvalue weighted by molar-refractivity contribution is -0.127. The lowest BCUT2D eigenvalue weighted by atomic mass is 10.2. The highest BCUT2D eigenvalue weighted by Gasteiger charge is 2.18. The number of likely N-dealkylation sites (tertiary alicyclic amines) is 1. The second-order valence-electron chi connectivity index (χ2n) is 5.53. The van der Waals surface area contributed by atoms with Gasteiger partial charge in [-0.15, -0.1) is 23.1 Å². The van der Waals surface area contributed by atoms with Crippen molar-refractivity contribution >= 4 is 40.0 Å². The van der Waals surface area contributed by atoms with Crippen molar-refractivity contribution in [3.05, 3.63) is 35.7 Å². The van der Waals surface area contributed by atoms with Crippen LogP contribution >= 0.6 is 23.1 Å². The van der Waals surface area contributed by atoms with Crippen LogP contribution in [0, 0.1) is 0 Å². The number of nitrogens with one attached hydrogen (secondary N) is 1. The van der Waals surface area contributed by atoms with Gasteiger partial charge in [-0.1, -0.05) is 30.3 Å². The van der Waals surface area contributed by atoms with Crippen LogP contribution in [-0.2, 0) is 9.59 Å². The molecule has 1 aromatic carbocycles. The van der Waals surface area contributed by atoms with Gasteiger partial charge in [0.25, 0.3) is 0 Å². The number of thioether (sulfide) groups is 1. The molecular weight excluding hydrogens is 342 g/mol. The number of hydrogen-bond acceptors (Lipinski definition) is 5. The van der Waals surface area contributed by atoms with Gasteiger partial charge in [0.05, 0.1) is 17.2 Å². The van der Waals surface area contributed by atoms with Crippen LogP contribution in [-0.4, -0.2) is 46.3 Å². The van der Waals surface area contributed by atoms with Crippen LogP contribution in [0.15, 0.2) is 35.7 Å². The molecule has 0 radical (unpaired) electrons. The first-order valence-corrected chi connectivity index (χ1v) is 9.92. The molecule has 2 aromatic rings. The second-order valence-corrected chi connectivity index (χ2v) is 7.38. The molecular formula is C17H19N3O2S2. The highest BCUT2D eigenvalue weighted by atomic mass is 32.2. The Morgan fingerprint density at radius 1 is 1.17 bits per heavy atom. The zero-order valence-electron chi connectivity index (χ0n) is 13.2. The zero-order chi connectivity index (χ0) is 16.8. The largest absolute Gasteiger partial charge is 0.342 e. The molecule has 1 aromatic heterocycles. The number of amides is 2. The van der Waals surface area contributed by atoms with E-state index in [2.05, 4.69) is 10.3 Å². The number of benzene rings is 1. The first-order valence-electron chi connectivity index (χ1n) is 7.89. The molecule has 1 N–H and O–H groups in total. The van der Waals surface area contributed by atoms with Crippen molar-refractivity contribution in [1.82, 2.24) is 9.88 Å². The number of rotatable bonds is 6. The maximum Gasteiger partial charge on any atom is 0.236 e. The highest BCUT2D eigenvalue weighted by Crippen LogP contribution is 2.24. The monoisotopic (exact) mass is 361 g/mol. The molecule has 5 nitrogen and oxygen atoms in total. The summed E-state index contributed by atoms with van der Waals surface area (Å²) in [6, 6.07) is 9.85. The van der Waals surface area contributed by atoms with Gasteiger partial charge in [-0.05, 0) is 12.8 Å². The van der Waals surface area contributed by atoms with Gasteiger partial charge in [-0.2, -0.15) is 0 Å². The number of carbonyl (C=O) groups excluding carboxylic acids is 2. The van der Waals surface area contributed by atoms with E-state index in [1.807, 2.05) is 40.6 Å². The normalized spacial score (nSPS) is 13.9. The quantitative estimate of drug-likeness (QED) is 0.859. The minimum atomic E-state index is -0.122. The Morgan fingerprint density at radius 3 is 2.67 bits per heavy atom. The maximum absolute atomic E-state index is 12.0. The van der Waals surface area contributed by atoms with Gasteiger partial charge in [-0.3, -0.25) is 9.59 Å². The van der Waals surface area contributed by atoms with E-state index in [9.17, 15) is 9.59 Å². The number of hydrogen-bond donors (Lipinski definition) is 1. The summed E-state index contributed by atoms with van der Waals surface area (Å²) in [5, 5.41) is 5.31. The fraction of sp³-hybridized carbons (Fsp3) is 0.353. The molecule has 0 atom stereocenters. The first-order chi connectivity index (χ1) is 11.7. The van der Waals surface area contributed by atoms with Crippen LogP contribution in [0.2, 0.25) is 0 Å². The Kier molecular flexibility index (Phi) is 5.87. The summed E-state index contributed by atoms with van der Waals surface area (Å²) in [6.07, 6.45) is 2.18. The molecule has 0 bridgehead atoms. The summed E-state index contributed by atoms with van der Waals surface area (Å²) >= 11 is 2.76. The standard InChI is InChI=1S/C17H19N3O2S2/c21-15(11-23-12-16(22)20-8-4-5-9-20)19-17-18-14(10-24-17)13-6-2-1-3-7-13/h1-3,6-7,10H,4-5,8-9,11-12H2,(H,18,19,21). The Morgan fingerprint density at radius 2 is 1.92 bits per heavy atom. The van der Waals surface area contributed by atoms with Crippen molar-refractivity contribution in [3.8, 4) is 11.3 Å². The summed E-state index contributed by atoms with van der Waals surface area (Å²) in [6.45, 7) is 1.71. The number of aromatic nitrogens is 1. The van der Waals surface area contributed by atoms with Crippen LogP contribution in [0.5, 0.6) is 0 Å². The van der Waals surface area contributed by atoms with Crippen LogP contribution in [0.1, 0.15) is 12.8 Å². The average Bonchev–Trinajstić information content (AvgIpc) is 3.27. The fourth-order valence-corrected chi connectivity index (χ4v) is 3.97. The SMILES string of the molecule is O=C(CSCC(=O)N1CCCC1)Nc1nc(-c2ccccc2)cs1. The Balaban J connectivity index is 1.43. The molecule has 0 aliphatic carbocycles. The molecule has 2 amide bonds. The first kappa shape index (κ1) is 17.0. The zero-order valence-corrected chi connectivity index (χ0v) is 14.9. The maximum atomic E-state index is 12.0. The average molecular weight is 361 g/mol. The summed E-state index contributed by atoms with van der Waals surface area (Å²) in [5.41, 5.74) is 1.88. The molecule has 1 aliphatic heterocycles. The summed E-state index contributed by atoms with van der Waals surface area (Å²) < 4.78 is 0. The van der Waals surface area contributed by atoms with Crippen molar-refractivity contribution in [2.24, 2.45) is 0 Å². The van der Waals surface area contributed by atoms with E-state index in [1.54, 1.807) is 0 Å². The molecule has 0 saturated carbocycles. The van der Waals surface area contributed by atoms with Gasteiger partial charge < -0.3 is 10.2 Å². The van der Waals surface area contributed by atoms with Crippen molar-refractivity contribution in [2.45, 2.75) is 12.8 Å². The number of anilines is 1. The predicted octanol–water partition coefficient (Wildman–Crippen LogP) is 3.10. The van der Waals surface area contributed by atoms with Crippen molar-refractivity contribution in [3.63, 3.8) is 0 Å². The van der Waals surface area contributed by atoms with E-state index in [1.165, 1.54) is 23.1 Å². The van der Waals surface area contributed by atoms with Crippen LogP contribution in [0.3, 0.4) is 0 Å². The minimum absolute atomic E-state index is 0.122. The van der Waals surface area contributed by atoms with E-state index in [4.69, 9.17) is 0 Å². The molecule has 1 fully saturated rings. The summed E-state index contributed by atoms with van der Waals surface area (Å²) in [7, 11) is 0. The molecule has 0 unspecified atom stereocenters. The molecule has 2 heterocycles. The van der Waals surface area contributed by atoms with Crippen LogP contribution in [0.4, 0.5) is 5.13 Å². The van der Waals surface area contributed by atoms with Crippen LogP contribution in [0.25, 0.3) is 11.3 Å². The Bertz CT molecular complexity index is 697. The van der Waals surface area contributed by atoms with Gasteiger partial charge in [0.1, 0.15) is 0 Å². The summed E-state index contributed by atoms with van der Waals surface area (Å²) in [4.78, 5) is 30.2. The molecule has 126 valence electrons. The van der Waals surface area contributed by atoms with Crippen LogP contribution < -0.4 is 5.32 Å². The Labute approximate surface area is 149 Å². The molecule has 3 rings (SSSR count). The third kappa shape index (κ3) is 4.58. The molecule has 24 heavy (non-hydrogen) atoms. The minimum Gasteiger partial charge on any atom is -0.342 e. The van der Waals surface area contributed by atoms with E-state index >= 15 is 0 Å². The van der Waals surface area contributed by atoms with E-state index in [-0.39, 0.29) is 17.6 Å². The van der Waals surface area contributed by atoms with Gasteiger partial charge >= 0.3 is 0 Å². The van der Waals surface area contributed by atoms with E-state index < -0.39 is 0 Å². The van der Waals surface area contributed by atoms with Gasteiger partial charge in [0, 0.05) is 24.0 Å². The van der Waals surface area contributed by atoms with E-state index in [0.717, 1.165) is 37.2 Å². The number of thiazole rings is 1. The third-order valence-corrected chi connectivity index (χ3v) is 5.41. The van der Waals surface area contributed by atoms with Gasteiger partial charge in [0.15, 0.2) is 5.13 Å². The Hall–Kier alpha value is -1.86. The molecule has 1 aliphatic rings. The topological polar surface area (TPSA) is 62.3 Å². The number of nitrogens with zero attached hydrogens (tertiary/aromatic N) is 2. The molecule has 0 spiro atoms. The van der Waals surface area contributed by atoms with Gasteiger partial charge in [0.2, 0.25) is 11.8 Å². The van der Waals surface area contributed by atoms with Crippen molar-refractivity contribution in [1.29, 1.82) is 0 Å². The molecule has 7 heteroatoms. The van der Waals surface area contributed by atoms with Crippen molar-refractivity contribution < 1.29 is 9.59 Å². The lowest BCUT2D eigenvalue weighted by Crippen LogP contribution is -2.29. The predicted molar refractivity (Wildman–Crippen MR) is 99.3 cm³/mol. The summed E-state index contributed by atoms with van der Waals surface area (Å²) in [5.74, 6) is 0.634. The highest BCUT2D eigenvalue weighted by molar-refractivity contribution is 8.00. The van der Waals surface area contributed by atoms with Crippen molar-refractivity contribution in [2.75, 3.05) is 29.9 Å². The molecule has 1 saturated heterocycles. The third-order valence-electron chi connectivity index (χ3n) is 3.74. The van der Waals surface area contributed by atoms with E-state index in [0.29, 0.717) is 10.9 Å².